The third kappa shape index (κ3) is 2.66. The number of hydrogen-bond donors (Lipinski definition) is 2. The summed E-state index contributed by atoms with van der Waals surface area (Å²) in [5.74, 6) is 0. The number of aryl methyl sites for hydroxylation is 2. The molecule has 2 heterocycles. The van der Waals surface area contributed by atoms with Crippen molar-refractivity contribution in [2.45, 2.75) is 17.8 Å². The summed E-state index contributed by atoms with van der Waals surface area (Å²) < 4.78 is 27.6. The van der Waals surface area contributed by atoms with Crippen molar-refractivity contribution in [2.75, 3.05) is 5.73 Å². The lowest BCUT2D eigenvalue weighted by Gasteiger charge is -2.01. The monoisotopic (exact) mass is 288 g/mol. The van der Waals surface area contributed by atoms with Crippen LogP contribution in [-0.2, 0) is 23.6 Å². The van der Waals surface area contributed by atoms with Gasteiger partial charge in [0.25, 0.3) is 10.0 Å². The molecule has 18 heavy (non-hydrogen) atoms. The standard InChI is InChI=1S/C8H12N6O2S2/c1-5-6(4-14(2)13-5)3-10-18(15,16)8-12-11-7(9)17-8/h4,10H,3H2,1-2H3,(H2,9,11). The number of aromatic nitrogens is 4. The molecule has 0 aliphatic heterocycles. The number of nitrogens with one attached hydrogen (secondary N) is 1. The molecule has 2 aromatic rings. The molecule has 0 saturated carbocycles. The Morgan fingerprint density at radius 3 is 2.72 bits per heavy atom. The molecule has 0 radical (unpaired) electrons. The lowest BCUT2D eigenvalue weighted by atomic mass is 10.3. The SMILES string of the molecule is Cc1nn(C)cc1CNS(=O)(=O)c1nnc(N)s1. The van der Waals surface area contributed by atoms with Gasteiger partial charge >= 0.3 is 0 Å². The van der Waals surface area contributed by atoms with Crippen LogP contribution in [0.25, 0.3) is 0 Å². The van der Waals surface area contributed by atoms with Crippen LogP contribution in [0.5, 0.6) is 0 Å². The molecule has 0 aliphatic carbocycles. The van der Waals surface area contributed by atoms with E-state index in [2.05, 4.69) is 20.0 Å². The van der Waals surface area contributed by atoms with E-state index in [0.717, 1.165) is 22.6 Å². The van der Waals surface area contributed by atoms with E-state index in [0.29, 0.717) is 0 Å². The van der Waals surface area contributed by atoms with Crippen LogP contribution in [0.2, 0.25) is 0 Å². The van der Waals surface area contributed by atoms with E-state index in [4.69, 9.17) is 5.73 Å². The molecule has 0 spiro atoms. The summed E-state index contributed by atoms with van der Waals surface area (Å²) in [4.78, 5) is 0. The maximum absolute atomic E-state index is 11.9. The molecular weight excluding hydrogens is 276 g/mol. The van der Waals surface area contributed by atoms with Gasteiger partial charge in [0.05, 0.1) is 5.69 Å². The molecule has 0 atom stereocenters. The van der Waals surface area contributed by atoms with Gasteiger partial charge in [0, 0.05) is 25.4 Å². The molecule has 0 saturated heterocycles. The van der Waals surface area contributed by atoms with Gasteiger partial charge in [0.1, 0.15) is 0 Å². The molecule has 3 N–H and O–H groups in total. The maximum atomic E-state index is 11.9. The van der Waals surface area contributed by atoms with Gasteiger partial charge in [-0.1, -0.05) is 11.3 Å². The third-order valence-corrected chi connectivity index (χ3v) is 4.74. The summed E-state index contributed by atoms with van der Waals surface area (Å²) in [6.45, 7) is 1.97. The van der Waals surface area contributed by atoms with Crippen LogP contribution in [0, 0.1) is 6.92 Å². The predicted octanol–water partition coefficient (Wildman–Crippen LogP) is -0.359. The molecule has 0 aliphatic rings. The molecule has 0 bridgehead atoms. The number of anilines is 1. The normalized spacial score (nSPS) is 11.9. The van der Waals surface area contributed by atoms with Crippen molar-refractivity contribution >= 4 is 26.5 Å². The number of sulfonamides is 1. The van der Waals surface area contributed by atoms with Crippen molar-refractivity contribution in [3.63, 3.8) is 0 Å². The van der Waals surface area contributed by atoms with E-state index in [9.17, 15) is 8.42 Å². The number of hydrogen-bond acceptors (Lipinski definition) is 7. The lowest BCUT2D eigenvalue weighted by molar-refractivity contribution is 0.579. The van der Waals surface area contributed by atoms with Crippen LogP contribution < -0.4 is 10.5 Å². The molecular formula is C8H12N6O2S2. The minimum absolute atomic E-state index is 0.118. The summed E-state index contributed by atoms with van der Waals surface area (Å²) in [6.07, 6.45) is 1.76. The first kappa shape index (κ1) is 12.9. The fourth-order valence-electron chi connectivity index (χ4n) is 1.39. The van der Waals surface area contributed by atoms with E-state index in [1.54, 1.807) is 17.9 Å². The Morgan fingerprint density at radius 1 is 1.50 bits per heavy atom. The van der Waals surface area contributed by atoms with Gasteiger partial charge in [0.2, 0.25) is 9.47 Å². The molecule has 10 heteroatoms. The van der Waals surface area contributed by atoms with Crippen LogP contribution >= 0.6 is 11.3 Å². The first-order valence-corrected chi connectivity index (χ1v) is 7.26. The van der Waals surface area contributed by atoms with Gasteiger partial charge in [-0.25, -0.2) is 13.1 Å². The Bertz CT molecular complexity index is 659. The highest BCUT2D eigenvalue weighted by Gasteiger charge is 2.19. The Kier molecular flexibility index (Phi) is 3.32. The smallest absolute Gasteiger partial charge is 0.270 e. The minimum Gasteiger partial charge on any atom is -0.374 e. The number of rotatable bonds is 4. The zero-order valence-electron chi connectivity index (χ0n) is 9.78. The molecule has 0 amide bonds. The first-order chi connectivity index (χ1) is 8.38. The van der Waals surface area contributed by atoms with E-state index in [1.807, 2.05) is 6.92 Å². The Labute approximate surface area is 108 Å². The molecule has 0 fully saturated rings. The lowest BCUT2D eigenvalue weighted by Crippen LogP contribution is -2.23. The summed E-state index contributed by atoms with van der Waals surface area (Å²) in [5, 5.41) is 11.2. The predicted molar refractivity (Wildman–Crippen MR) is 66.3 cm³/mol. The van der Waals surface area contributed by atoms with Crippen molar-refractivity contribution in [3.05, 3.63) is 17.5 Å². The van der Waals surface area contributed by atoms with Gasteiger partial charge < -0.3 is 5.73 Å². The second-order valence-electron chi connectivity index (χ2n) is 3.64. The van der Waals surface area contributed by atoms with Crippen LogP contribution in [0.4, 0.5) is 5.13 Å². The van der Waals surface area contributed by atoms with Crippen molar-refractivity contribution in [2.24, 2.45) is 7.05 Å². The highest BCUT2D eigenvalue weighted by Crippen LogP contribution is 2.17. The number of nitrogen functional groups attached to an aromatic ring is 1. The van der Waals surface area contributed by atoms with Gasteiger partial charge in [-0.05, 0) is 6.92 Å². The second kappa shape index (κ2) is 4.63. The van der Waals surface area contributed by atoms with E-state index >= 15 is 0 Å². The Morgan fingerprint density at radius 2 is 2.22 bits per heavy atom. The summed E-state index contributed by atoms with van der Waals surface area (Å²) in [6, 6.07) is 0. The third-order valence-electron chi connectivity index (χ3n) is 2.22. The quantitative estimate of drug-likeness (QED) is 0.793. The average Bonchev–Trinajstić information content (AvgIpc) is 2.83. The average molecular weight is 288 g/mol. The fraction of sp³-hybridized carbons (Fsp3) is 0.375. The number of nitrogens with zero attached hydrogens (tertiary/aromatic N) is 4. The first-order valence-electron chi connectivity index (χ1n) is 4.96. The van der Waals surface area contributed by atoms with E-state index in [-0.39, 0.29) is 16.0 Å². The Hall–Kier alpha value is -1.52. The fourth-order valence-corrected chi connectivity index (χ4v) is 3.22. The van der Waals surface area contributed by atoms with Gasteiger partial charge in [-0.3, -0.25) is 4.68 Å². The van der Waals surface area contributed by atoms with Crippen LogP contribution in [-0.4, -0.2) is 28.4 Å². The molecule has 0 aromatic carbocycles. The summed E-state index contributed by atoms with van der Waals surface area (Å²) in [5.41, 5.74) is 6.93. The van der Waals surface area contributed by atoms with Gasteiger partial charge in [-0.15, -0.1) is 10.2 Å². The largest absolute Gasteiger partial charge is 0.374 e. The summed E-state index contributed by atoms with van der Waals surface area (Å²) >= 11 is 0.823. The van der Waals surface area contributed by atoms with Gasteiger partial charge in [0.15, 0.2) is 0 Å². The molecule has 0 unspecified atom stereocenters. The zero-order valence-corrected chi connectivity index (χ0v) is 11.4. The van der Waals surface area contributed by atoms with Crippen LogP contribution in [0.15, 0.2) is 10.5 Å². The minimum atomic E-state index is -3.67. The van der Waals surface area contributed by atoms with Crippen molar-refractivity contribution in [1.29, 1.82) is 0 Å². The maximum Gasteiger partial charge on any atom is 0.270 e. The van der Waals surface area contributed by atoms with E-state index < -0.39 is 10.0 Å². The van der Waals surface area contributed by atoms with E-state index in [1.165, 1.54) is 0 Å². The van der Waals surface area contributed by atoms with Crippen molar-refractivity contribution < 1.29 is 8.42 Å². The highest BCUT2D eigenvalue weighted by molar-refractivity contribution is 7.91. The Balaban J connectivity index is 2.13. The van der Waals surface area contributed by atoms with Crippen molar-refractivity contribution in [1.82, 2.24) is 24.7 Å². The molecule has 8 nitrogen and oxygen atoms in total. The van der Waals surface area contributed by atoms with Crippen LogP contribution in [0.3, 0.4) is 0 Å². The highest BCUT2D eigenvalue weighted by atomic mass is 32.2. The van der Waals surface area contributed by atoms with Crippen LogP contribution in [0.1, 0.15) is 11.3 Å². The second-order valence-corrected chi connectivity index (χ2v) is 6.59. The molecule has 2 rings (SSSR count). The number of nitrogens with two attached hydrogens (primary N) is 1. The summed E-state index contributed by atoms with van der Waals surface area (Å²) in [7, 11) is -1.89. The molecule has 98 valence electrons. The topological polar surface area (TPSA) is 116 Å². The van der Waals surface area contributed by atoms with Crippen molar-refractivity contribution in [3.8, 4) is 0 Å². The zero-order chi connectivity index (χ0) is 13.3. The van der Waals surface area contributed by atoms with Gasteiger partial charge in [-0.2, -0.15) is 5.10 Å². The molecule has 2 aromatic heterocycles.